The molecule has 21 heavy (non-hydrogen) atoms. The number of nitrogens with two attached hydrogens (primary N) is 1. The molecule has 1 fully saturated rings. The molecule has 1 aliphatic rings. The van der Waals surface area contributed by atoms with E-state index in [-0.39, 0.29) is 0 Å². The van der Waals surface area contributed by atoms with Crippen LogP contribution >= 0.6 is 0 Å². The SMILES string of the molecule is COc1ccc(C#CCN)cc1CN(C)C1CCOCC1. The maximum atomic E-state index is 5.47. The molecule has 0 unspecified atom stereocenters. The van der Waals surface area contributed by atoms with E-state index in [0.29, 0.717) is 12.6 Å². The summed E-state index contributed by atoms with van der Waals surface area (Å²) < 4.78 is 10.9. The molecule has 4 heteroatoms. The molecule has 0 bridgehead atoms. The van der Waals surface area contributed by atoms with Crippen LogP contribution in [0, 0.1) is 11.8 Å². The summed E-state index contributed by atoms with van der Waals surface area (Å²) in [5.74, 6) is 6.88. The number of hydrogen-bond donors (Lipinski definition) is 1. The quantitative estimate of drug-likeness (QED) is 0.855. The van der Waals surface area contributed by atoms with Crippen molar-refractivity contribution in [3.8, 4) is 17.6 Å². The number of benzene rings is 1. The van der Waals surface area contributed by atoms with Crippen molar-refractivity contribution < 1.29 is 9.47 Å². The molecule has 1 heterocycles. The lowest BCUT2D eigenvalue weighted by Crippen LogP contribution is -2.36. The number of ether oxygens (including phenoxy) is 2. The van der Waals surface area contributed by atoms with Gasteiger partial charge in [-0.25, -0.2) is 0 Å². The fraction of sp³-hybridized carbons (Fsp3) is 0.529. The Balaban J connectivity index is 2.12. The van der Waals surface area contributed by atoms with Gasteiger partial charge >= 0.3 is 0 Å². The molecule has 2 rings (SSSR count). The van der Waals surface area contributed by atoms with Crippen LogP contribution in [-0.2, 0) is 11.3 Å². The monoisotopic (exact) mass is 288 g/mol. The van der Waals surface area contributed by atoms with Crippen molar-refractivity contribution in [2.45, 2.75) is 25.4 Å². The average Bonchev–Trinajstić information content (AvgIpc) is 2.54. The van der Waals surface area contributed by atoms with Gasteiger partial charge in [-0.2, -0.15) is 0 Å². The third-order valence-corrected chi connectivity index (χ3v) is 3.85. The Bertz CT molecular complexity index is 513. The number of rotatable bonds is 4. The maximum Gasteiger partial charge on any atom is 0.123 e. The highest BCUT2D eigenvalue weighted by Crippen LogP contribution is 2.23. The minimum Gasteiger partial charge on any atom is -0.496 e. The van der Waals surface area contributed by atoms with E-state index in [2.05, 4.69) is 29.9 Å². The highest BCUT2D eigenvalue weighted by atomic mass is 16.5. The molecule has 0 spiro atoms. The van der Waals surface area contributed by atoms with Gasteiger partial charge in [0.1, 0.15) is 5.75 Å². The Morgan fingerprint density at radius 3 is 2.81 bits per heavy atom. The second-order valence-corrected chi connectivity index (χ2v) is 5.29. The van der Waals surface area contributed by atoms with Crippen LogP contribution in [0.4, 0.5) is 0 Å². The molecule has 0 amide bonds. The molecule has 0 atom stereocenters. The Hall–Kier alpha value is -1.54. The van der Waals surface area contributed by atoms with Gasteiger partial charge in [0.15, 0.2) is 0 Å². The van der Waals surface area contributed by atoms with Crippen LogP contribution in [0.25, 0.3) is 0 Å². The summed E-state index contributed by atoms with van der Waals surface area (Å²) in [6.07, 6.45) is 2.18. The summed E-state index contributed by atoms with van der Waals surface area (Å²) in [6.45, 7) is 2.94. The second kappa shape index (κ2) is 8.04. The molecular formula is C17H24N2O2. The summed E-state index contributed by atoms with van der Waals surface area (Å²) in [5, 5.41) is 0. The van der Waals surface area contributed by atoms with E-state index in [4.69, 9.17) is 15.2 Å². The maximum absolute atomic E-state index is 5.47. The first kappa shape index (κ1) is 15.8. The third kappa shape index (κ3) is 4.47. The predicted molar refractivity (Wildman–Crippen MR) is 84.2 cm³/mol. The minimum atomic E-state index is 0.378. The number of hydrogen-bond acceptors (Lipinski definition) is 4. The smallest absolute Gasteiger partial charge is 0.123 e. The van der Waals surface area contributed by atoms with Crippen LogP contribution in [0.2, 0.25) is 0 Å². The minimum absolute atomic E-state index is 0.378. The van der Waals surface area contributed by atoms with Gasteiger partial charge in [0.2, 0.25) is 0 Å². The lowest BCUT2D eigenvalue weighted by atomic mass is 10.0. The zero-order valence-corrected chi connectivity index (χ0v) is 12.9. The zero-order chi connectivity index (χ0) is 15.1. The van der Waals surface area contributed by atoms with Crippen molar-refractivity contribution >= 4 is 0 Å². The molecule has 1 aromatic carbocycles. The van der Waals surface area contributed by atoms with Crippen molar-refractivity contribution in [1.82, 2.24) is 4.90 Å². The van der Waals surface area contributed by atoms with E-state index < -0.39 is 0 Å². The van der Waals surface area contributed by atoms with Crippen LogP contribution < -0.4 is 10.5 Å². The largest absolute Gasteiger partial charge is 0.496 e. The summed E-state index contributed by atoms with van der Waals surface area (Å²) >= 11 is 0. The van der Waals surface area contributed by atoms with Crippen molar-refractivity contribution in [3.05, 3.63) is 29.3 Å². The predicted octanol–water partition coefficient (Wildman–Crippen LogP) is 1.62. The van der Waals surface area contributed by atoms with Gasteiger partial charge in [-0.15, -0.1) is 0 Å². The van der Waals surface area contributed by atoms with Crippen LogP contribution in [0.1, 0.15) is 24.0 Å². The van der Waals surface area contributed by atoms with E-state index in [0.717, 1.165) is 49.5 Å². The third-order valence-electron chi connectivity index (χ3n) is 3.85. The van der Waals surface area contributed by atoms with Gasteiger partial charge in [-0.3, -0.25) is 4.90 Å². The van der Waals surface area contributed by atoms with E-state index in [1.165, 1.54) is 0 Å². The van der Waals surface area contributed by atoms with Crippen molar-refractivity contribution in [1.29, 1.82) is 0 Å². The van der Waals surface area contributed by atoms with Crippen LogP contribution in [0.5, 0.6) is 5.75 Å². The van der Waals surface area contributed by atoms with Gasteiger partial charge in [0.25, 0.3) is 0 Å². The lowest BCUT2D eigenvalue weighted by molar-refractivity contribution is 0.0405. The summed E-state index contributed by atoms with van der Waals surface area (Å²) in [6, 6.07) is 6.62. The molecule has 0 radical (unpaired) electrons. The first-order chi connectivity index (χ1) is 10.2. The summed E-state index contributed by atoms with van der Waals surface area (Å²) in [4.78, 5) is 2.38. The molecule has 0 saturated carbocycles. The van der Waals surface area contributed by atoms with Crippen molar-refractivity contribution in [3.63, 3.8) is 0 Å². The highest BCUT2D eigenvalue weighted by molar-refractivity contribution is 5.44. The fourth-order valence-corrected chi connectivity index (χ4v) is 2.66. The molecule has 4 nitrogen and oxygen atoms in total. The molecule has 1 aromatic rings. The first-order valence-electron chi connectivity index (χ1n) is 7.38. The van der Waals surface area contributed by atoms with E-state index in [1.54, 1.807) is 7.11 Å². The Kier molecular flexibility index (Phi) is 6.06. The molecule has 114 valence electrons. The van der Waals surface area contributed by atoms with Crippen LogP contribution in [0.3, 0.4) is 0 Å². The molecule has 1 aliphatic heterocycles. The highest BCUT2D eigenvalue weighted by Gasteiger charge is 2.19. The van der Waals surface area contributed by atoms with Gasteiger partial charge < -0.3 is 15.2 Å². The van der Waals surface area contributed by atoms with Crippen LogP contribution in [-0.4, -0.2) is 44.9 Å². The van der Waals surface area contributed by atoms with Gasteiger partial charge in [0, 0.05) is 36.9 Å². The fourth-order valence-electron chi connectivity index (χ4n) is 2.66. The normalized spacial score (nSPS) is 15.6. The summed E-state index contributed by atoms with van der Waals surface area (Å²) in [5.41, 5.74) is 7.58. The van der Waals surface area contributed by atoms with E-state index >= 15 is 0 Å². The van der Waals surface area contributed by atoms with Crippen molar-refractivity contribution in [2.75, 3.05) is 33.9 Å². The molecule has 1 saturated heterocycles. The Labute approximate surface area is 127 Å². The Morgan fingerprint density at radius 1 is 1.38 bits per heavy atom. The van der Waals surface area contributed by atoms with E-state index in [1.807, 2.05) is 12.1 Å². The second-order valence-electron chi connectivity index (χ2n) is 5.29. The molecular weight excluding hydrogens is 264 g/mol. The number of methoxy groups -OCH3 is 1. The summed E-state index contributed by atoms with van der Waals surface area (Å²) in [7, 11) is 3.87. The number of nitrogens with zero attached hydrogens (tertiary/aromatic N) is 1. The van der Waals surface area contributed by atoms with E-state index in [9.17, 15) is 0 Å². The van der Waals surface area contributed by atoms with Crippen LogP contribution in [0.15, 0.2) is 18.2 Å². The first-order valence-corrected chi connectivity index (χ1v) is 7.38. The topological polar surface area (TPSA) is 47.7 Å². The average molecular weight is 288 g/mol. The lowest BCUT2D eigenvalue weighted by Gasteiger charge is -2.31. The van der Waals surface area contributed by atoms with Crippen molar-refractivity contribution in [2.24, 2.45) is 5.73 Å². The standard InChI is InChI=1S/C17H24N2O2/c1-19(16-7-10-21-11-8-16)13-15-12-14(4-3-9-18)5-6-17(15)20-2/h5-6,12,16H,7-11,13,18H2,1-2H3. The molecule has 0 aromatic heterocycles. The molecule has 2 N–H and O–H groups in total. The van der Waals surface area contributed by atoms with Gasteiger partial charge in [-0.1, -0.05) is 11.8 Å². The van der Waals surface area contributed by atoms with Gasteiger partial charge in [0.05, 0.1) is 13.7 Å². The molecule has 0 aliphatic carbocycles. The zero-order valence-electron chi connectivity index (χ0n) is 12.9. The van der Waals surface area contributed by atoms with Gasteiger partial charge in [-0.05, 0) is 38.1 Å². The Morgan fingerprint density at radius 2 is 2.14 bits per heavy atom.